The van der Waals surface area contributed by atoms with Gasteiger partial charge in [-0.2, -0.15) is 5.26 Å². The second kappa shape index (κ2) is 10.7. The van der Waals surface area contributed by atoms with Crippen molar-refractivity contribution >= 4 is 28.6 Å². The van der Waals surface area contributed by atoms with Crippen molar-refractivity contribution in [3.8, 4) is 17.3 Å². The topological polar surface area (TPSA) is 75.0 Å². The van der Waals surface area contributed by atoms with Gasteiger partial charge in [0.05, 0.1) is 17.4 Å². The van der Waals surface area contributed by atoms with Gasteiger partial charge in [0.2, 0.25) is 0 Å². The number of ether oxygens (including phenoxy) is 1. The van der Waals surface area contributed by atoms with Crippen LogP contribution in [0, 0.1) is 17.2 Å². The summed E-state index contributed by atoms with van der Waals surface area (Å²) >= 11 is 1.44. The summed E-state index contributed by atoms with van der Waals surface area (Å²) in [4.78, 5) is 16.6. The third kappa shape index (κ3) is 6.29. The molecule has 0 aliphatic heterocycles. The summed E-state index contributed by atoms with van der Waals surface area (Å²) in [7, 11) is 0. The number of carbonyl (C=O) groups excluding carboxylic acids is 1. The van der Waals surface area contributed by atoms with Crippen molar-refractivity contribution in [1.29, 1.82) is 5.26 Å². The van der Waals surface area contributed by atoms with Crippen LogP contribution in [-0.2, 0) is 11.2 Å². The quantitative estimate of drug-likeness (QED) is 0.314. The largest absolute Gasteiger partial charge is 0.459 e. The first-order chi connectivity index (χ1) is 15.4. The number of esters is 1. The van der Waals surface area contributed by atoms with Crippen molar-refractivity contribution in [2.75, 3.05) is 5.32 Å². The molecule has 5 nitrogen and oxygen atoms in total. The van der Waals surface area contributed by atoms with Crippen LogP contribution in [-0.4, -0.2) is 17.1 Å². The van der Waals surface area contributed by atoms with Crippen molar-refractivity contribution in [3.63, 3.8) is 0 Å². The Morgan fingerprint density at radius 3 is 2.41 bits per heavy atom. The maximum Gasteiger partial charge on any atom is 0.338 e. The lowest BCUT2D eigenvalue weighted by molar-refractivity contribution is 0.0378. The van der Waals surface area contributed by atoms with Gasteiger partial charge >= 0.3 is 5.97 Å². The molecule has 3 aromatic rings. The van der Waals surface area contributed by atoms with Crippen molar-refractivity contribution < 1.29 is 9.53 Å². The molecule has 1 heterocycles. The molecule has 0 unspecified atom stereocenters. The summed E-state index contributed by atoms with van der Waals surface area (Å²) < 4.78 is 5.19. The third-order valence-electron chi connectivity index (χ3n) is 4.60. The molecule has 0 bridgehead atoms. The van der Waals surface area contributed by atoms with Gasteiger partial charge in [-0.1, -0.05) is 38.1 Å². The van der Waals surface area contributed by atoms with E-state index in [1.54, 1.807) is 30.5 Å². The molecule has 0 radical (unpaired) electrons. The molecule has 1 N–H and O–H groups in total. The van der Waals surface area contributed by atoms with Gasteiger partial charge in [-0.15, -0.1) is 11.3 Å². The van der Waals surface area contributed by atoms with E-state index in [4.69, 9.17) is 4.74 Å². The number of carbonyl (C=O) groups is 1. The Balaban J connectivity index is 1.69. The second-order valence-corrected chi connectivity index (χ2v) is 9.04. The van der Waals surface area contributed by atoms with Crippen LogP contribution in [0.25, 0.3) is 16.8 Å². The Morgan fingerprint density at radius 1 is 1.12 bits per heavy atom. The van der Waals surface area contributed by atoms with E-state index >= 15 is 0 Å². The standard InChI is InChI=1S/C26H27N3O2S/c1-17(2)13-19-5-7-20(8-6-19)24-16-32-25(29-24)22(14-27)15-28-23-11-9-21(10-12-23)26(30)31-18(3)4/h5-12,15-18,28H,13H2,1-4H3. The van der Waals surface area contributed by atoms with Crippen molar-refractivity contribution in [2.24, 2.45) is 5.92 Å². The normalized spacial score (nSPS) is 11.5. The Hall–Kier alpha value is -3.43. The zero-order valence-electron chi connectivity index (χ0n) is 18.8. The number of thiazole rings is 1. The summed E-state index contributed by atoms with van der Waals surface area (Å²) in [5, 5.41) is 15.3. The van der Waals surface area contributed by atoms with Gasteiger partial charge in [-0.25, -0.2) is 9.78 Å². The highest BCUT2D eigenvalue weighted by molar-refractivity contribution is 7.11. The molecular weight excluding hydrogens is 418 g/mol. The number of nitrogens with one attached hydrogen (secondary N) is 1. The average Bonchev–Trinajstić information content (AvgIpc) is 3.24. The van der Waals surface area contributed by atoms with E-state index in [2.05, 4.69) is 54.5 Å². The van der Waals surface area contributed by atoms with Crippen LogP contribution in [0.5, 0.6) is 0 Å². The van der Waals surface area contributed by atoms with Crippen molar-refractivity contribution in [2.45, 2.75) is 40.2 Å². The number of hydrogen-bond donors (Lipinski definition) is 1. The predicted molar refractivity (Wildman–Crippen MR) is 130 cm³/mol. The molecular formula is C26H27N3O2S. The molecule has 0 aliphatic carbocycles. The second-order valence-electron chi connectivity index (χ2n) is 8.18. The first-order valence-electron chi connectivity index (χ1n) is 10.6. The molecule has 0 atom stereocenters. The Kier molecular flexibility index (Phi) is 7.80. The Morgan fingerprint density at radius 2 is 1.81 bits per heavy atom. The van der Waals surface area contributed by atoms with Gasteiger partial charge < -0.3 is 10.1 Å². The number of nitrogens with zero attached hydrogens (tertiary/aromatic N) is 2. The summed E-state index contributed by atoms with van der Waals surface area (Å²) in [6, 6.07) is 17.6. The number of hydrogen-bond acceptors (Lipinski definition) is 6. The lowest BCUT2D eigenvalue weighted by Crippen LogP contribution is -2.11. The minimum atomic E-state index is -0.354. The van der Waals surface area contributed by atoms with Crippen LogP contribution in [0.1, 0.15) is 48.6 Å². The molecule has 32 heavy (non-hydrogen) atoms. The highest BCUT2D eigenvalue weighted by Crippen LogP contribution is 2.27. The Labute approximate surface area is 193 Å². The van der Waals surface area contributed by atoms with Crippen LogP contribution in [0.15, 0.2) is 60.1 Å². The summed E-state index contributed by atoms with van der Waals surface area (Å²) in [6.45, 7) is 8.04. The summed E-state index contributed by atoms with van der Waals surface area (Å²) in [5.41, 5.74) is 4.89. The Bertz CT molecular complexity index is 1120. The zero-order valence-corrected chi connectivity index (χ0v) is 19.6. The minimum absolute atomic E-state index is 0.164. The van der Waals surface area contributed by atoms with Gasteiger partial charge in [-0.3, -0.25) is 0 Å². The third-order valence-corrected chi connectivity index (χ3v) is 5.47. The van der Waals surface area contributed by atoms with Crippen LogP contribution >= 0.6 is 11.3 Å². The lowest BCUT2D eigenvalue weighted by atomic mass is 10.0. The molecule has 1 aromatic heterocycles. The van der Waals surface area contributed by atoms with Crippen molar-refractivity contribution in [3.05, 3.63) is 76.2 Å². The van der Waals surface area contributed by atoms with Gasteiger partial charge in [0.1, 0.15) is 16.6 Å². The smallest absolute Gasteiger partial charge is 0.338 e. The fraction of sp³-hybridized carbons (Fsp3) is 0.269. The van der Waals surface area contributed by atoms with Gasteiger partial charge in [0.25, 0.3) is 0 Å². The van der Waals surface area contributed by atoms with E-state index < -0.39 is 0 Å². The summed E-state index contributed by atoms with van der Waals surface area (Å²) in [5.74, 6) is 0.264. The number of benzene rings is 2. The fourth-order valence-electron chi connectivity index (χ4n) is 3.10. The highest BCUT2D eigenvalue weighted by atomic mass is 32.1. The van der Waals surface area contributed by atoms with E-state index in [1.807, 2.05) is 19.2 Å². The molecule has 0 spiro atoms. The lowest BCUT2D eigenvalue weighted by Gasteiger charge is -2.08. The fourth-order valence-corrected chi connectivity index (χ4v) is 3.89. The molecule has 6 heteroatoms. The van der Waals surface area contributed by atoms with E-state index in [0.717, 1.165) is 23.4 Å². The van der Waals surface area contributed by atoms with Crippen LogP contribution in [0.2, 0.25) is 0 Å². The van der Waals surface area contributed by atoms with Crippen LogP contribution < -0.4 is 5.32 Å². The molecule has 0 aliphatic rings. The number of rotatable bonds is 8. The van der Waals surface area contributed by atoms with E-state index in [-0.39, 0.29) is 12.1 Å². The van der Waals surface area contributed by atoms with Crippen LogP contribution in [0.3, 0.4) is 0 Å². The van der Waals surface area contributed by atoms with E-state index in [9.17, 15) is 10.1 Å². The molecule has 0 saturated carbocycles. The number of allylic oxidation sites excluding steroid dienone is 1. The molecule has 0 saturated heterocycles. The average molecular weight is 446 g/mol. The molecule has 0 amide bonds. The maximum atomic E-state index is 11.9. The monoisotopic (exact) mass is 445 g/mol. The molecule has 3 rings (SSSR count). The SMILES string of the molecule is CC(C)Cc1ccc(-c2csc(C(C#N)=CNc3ccc(C(=O)OC(C)C)cc3)n2)cc1. The van der Waals surface area contributed by atoms with Gasteiger partial charge in [0.15, 0.2) is 0 Å². The highest BCUT2D eigenvalue weighted by Gasteiger charge is 2.11. The number of anilines is 1. The minimum Gasteiger partial charge on any atom is -0.459 e. The van der Waals surface area contributed by atoms with Crippen LogP contribution in [0.4, 0.5) is 5.69 Å². The molecule has 2 aromatic carbocycles. The molecule has 164 valence electrons. The van der Waals surface area contributed by atoms with Gasteiger partial charge in [-0.05, 0) is 56.0 Å². The first kappa shape index (κ1) is 23.2. The van der Waals surface area contributed by atoms with Crippen molar-refractivity contribution in [1.82, 2.24) is 4.98 Å². The predicted octanol–water partition coefficient (Wildman–Crippen LogP) is 6.55. The first-order valence-corrected chi connectivity index (χ1v) is 11.5. The number of nitriles is 1. The maximum absolute atomic E-state index is 11.9. The summed E-state index contributed by atoms with van der Waals surface area (Å²) in [6.07, 6.45) is 2.52. The van der Waals surface area contributed by atoms with E-state index in [1.165, 1.54) is 16.9 Å². The van der Waals surface area contributed by atoms with E-state index in [0.29, 0.717) is 22.1 Å². The zero-order chi connectivity index (χ0) is 23.1. The number of aromatic nitrogens is 1. The molecule has 0 fully saturated rings. The van der Waals surface area contributed by atoms with Gasteiger partial charge in [0, 0.05) is 22.8 Å².